The van der Waals surface area contributed by atoms with Gasteiger partial charge in [-0.05, 0) is 17.7 Å². The van der Waals surface area contributed by atoms with Crippen molar-refractivity contribution in [1.29, 1.82) is 0 Å². The monoisotopic (exact) mass is 453 g/mol. The van der Waals surface area contributed by atoms with Gasteiger partial charge in [-0.2, -0.15) is 22.6 Å². The van der Waals surface area contributed by atoms with Crippen LogP contribution >= 0.6 is 0 Å². The molecule has 0 N–H and O–H groups in total. The van der Waals surface area contributed by atoms with Crippen LogP contribution in [0.3, 0.4) is 0 Å². The summed E-state index contributed by atoms with van der Waals surface area (Å²) in [4.78, 5) is 14.2. The summed E-state index contributed by atoms with van der Waals surface area (Å²) in [6.45, 7) is 1.32. The summed E-state index contributed by atoms with van der Waals surface area (Å²) in [5.74, 6) is 0.829. The smallest absolute Gasteiger partial charge is 0.354 e. The normalized spacial score (nSPS) is 15.9. The molecule has 0 spiro atoms. The van der Waals surface area contributed by atoms with Crippen molar-refractivity contribution < 1.29 is 21.6 Å². The van der Waals surface area contributed by atoms with Crippen LogP contribution in [0.4, 0.5) is 19.0 Å². The number of benzene rings is 1. The van der Waals surface area contributed by atoms with Gasteiger partial charge in [0, 0.05) is 32.2 Å². The van der Waals surface area contributed by atoms with E-state index in [1.807, 2.05) is 4.90 Å². The summed E-state index contributed by atoms with van der Waals surface area (Å²) in [7, 11) is -3.66. The maximum atomic E-state index is 12.7. The fourth-order valence-corrected chi connectivity index (χ4v) is 4.77. The van der Waals surface area contributed by atoms with Gasteiger partial charge in [0.1, 0.15) is 24.8 Å². The summed E-state index contributed by atoms with van der Waals surface area (Å²) >= 11 is 0. The first-order valence-electron chi connectivity index (χ1n) is 9.28. The number of alkyl halides is 3. The van der Waals surface area contributed by atoms with Gasteiger partial charge in [0.15, 0.2) is 5.82 Å². The molecule has 0 aliphatic carbocycles. The second kappa shape index (κ2) is 8.23. The van der Waals surface area contributed by atoms with Gasteiger partial charge in [-0.3, -0.25) is 0 Å². The number of sulfonamides is 1. The SMILES string of the molecule is O=S(=O)(Cc1ccc(C(F)(F)F)cc1)N1CCN(c2cc(-n3cncn3)ncn2)CC1. The number of halogens is 3. The average molecular weight is 453 g/mol. The third kappa shape index (κ3) is 4.82. The van der Waals surface area contributed by atoms with Crippen LogP contribution in [-0.4, -0.2) is 63.6 Å². The van der Waals surface area contributed by atoms with Crippen LogP contribution in [0.2, 0.25) is 0 Å². The Bertz CT molecular complexity index is 1130. The average Bonchev–Trinajstić information content (AvgIpc) is 3.28. The zero-order valence-corrected chi connectivity index (χ0v) is 17.0. The number of nitrogens with zero attached hydrogens (tertiary/aromatic N) is 7. The summed E-state index contributed by atoms with van der Waals surface area (Å²) < 4.78 is 66.4. The number of piperazine rings is 1. The minimum Gasteiger partial charge on any atom is -0.354 e. The first-order chi connectivity index (χ1) is 14.7. The van der Waals surface area contributed by atoms with Crippen LogP contribution in [0.25, 0.3) is 5.82 Å². The highest BCUT2D eigenvalue weighted by atomic mass is 32.2. The Morgan fingerprint density at radius 3 is 2.23 bits per heavy atom. The molecule has 4 rings (SSSR count). The van der Waals surface area contributed by atoms with Crippen LogP contribution in [0.15, 0.2) is 49.3 Å². The molecule has 2 aromatic heterocycles. The lowest BCUT2D eigenvalue weighted by Crippen LogP contribution is -2.49. The Balaban J connectivity index is 1.39. The number of aromatic nitrogens is 5. The maximum Gasteiger partial charge on any atom is 0.416 e. The van der Waals surface area contributed by atoms with Gasteiger partial charge in [0.25, 0.3) is 0 Å². The van der Waals surface area contributed by atoms with E-state index in [1.165, 1.54) is 40.1 Å². The molecule has 13 heteroatoms. The van der Waals surface area contributed by atoms with Crippen LogP contribution in [0.5, 0.6) is 0 Å². The molecule has 164 valence electrons. The first kappa shape index (κ1) is 21.2. The molecular formula is C18H18F3N7O2S. The highest BCUT2D eigenvalue weighted by Crippen LogP contribution is 2.29. The van der Waals surface area contributed by atoms with Gasteiger partial charge in [0.2, 0.25) is 10.0 Å². The third-order valence-electron chi connectivity index (χ3n) is 4.88. The number of rotatable bonds is 5. The third-order valence-corrected chi connectivity index (χ3v) is 6.73. The van der Waals surface area contributed by atoms with Gasteiger partial charge in [-0.15, -0.1) is 0 Å². The lowest BCUT2D eigenvalue weighted by Gasteiger charge is -2.34. The number of anilines is 1. The Hall–Kier alpha value is -3.06. The molecule has 3 aromatic rings. The van der Waals surface area contributed by atoms with Gasteiger partial charge >= 0.3 is 6.18 Å². The van der Waals surface area contributed by atoms with Gasteiger partial charge in [-0.25, -0.2) is 28.1 Å². The predicted octanol–water partition coefficient (Wildman–Crippen LogP) is 1.73. The molecule has 1 aromatic carbocycles. The largest absolute Gasteiger partial charge is 0.416 e. The van der Waals surface area contributed by atoms with E-state index < -0.39 is 21.8 Å². The van der Waals surface area contributed by atoms with Crippen molar-refractivity contribution in [3.63, 3.8) is 0 Å². The molecule has 1 aliphatic rings. The molecule has 3 heterocycles. The minimum absolute atomic E-state index is 0.242. The highest BCUT2D eigenvalue weighted by Gasteiger charge is 2.31. The molecule has 1 fully saturated rings. The lowest BCUT2D eigenvalue weighted by atomic mass is 10.1. The Labute approximate surface area is 176 Å². The predicted molar refractivity (Wildman–Crippen MR) is 105 cm³/mol. The Morgan fingerprint density at radius 1 is 0.935 bits per heavy atom. The standard InChI is InChI=1S/C18H18F3N7O2S/c19-18(20,21)15-3-1-14(2-4-15)10-31(29,30)27-7-5-26(6-8-27)16-9-17(24-12-23-16)28-13-22-11-25-28/h1-4,9,11-13H,5-8,10H2. The highest BCUT2D eigenvalue weighted by molar-refractivity contribution is 7.88. The van der Waals surface area contributed by atoms with E-state index in [0.717, 1.165) is 12.1 Å². The van der Waals surface area contributed by atoms with Crippen molar-refractivity contribution in [1.82, 2.24) is 29.0 Å². The van der Waals surface area contributed by atoms with Crippen LogP contribution < -0.4 is 4.90 Å². The summed E-state index contributed by atoms with van der Waals surface area (Å²) in [6.07, 6.45) is -0.150. The zero-order valence-electron chi connectivity index (χ0n) is 16.1. The molecule has 1 aliphatic heterocycles. The van der Waals surface area contributed by atoms with Crippen molar-refractivity contribution in [2.45, 2.75) is 11.9 Å². The van der Waals surface area contributed by atoms with Crippen molar-refractivity contribution in [2.75, 3.05) is 31.1 Å². The van der Waals surface area contributed by atoms with Crippen molar-refractivity contribution in [3.8, 4) is 5.82 Å². The van der Waals surface area contributed by atoms with Gasteiger partial charge in [0.05, 0.1) is 11.3 Å². The van der Waals surface area contributed by atoms with Crippen molar-refractivity contribution in [3.05, 3.63) is 60.4 Å². The van der Waals surface area contributed by atoms with E-state index in [2.05, 4.69) is 20.1 Å². The van der Waals surface area contributed by atoms with E-state index in [4.69, 9.17) is 0 Å². The van der Waals surface area contributed by atoms with E-state index >= 15 is 0 Å². The molecular weight excluding hydrogens is 435 g/mol. The fraction of sp³-hybridized carbons (Fsp3) is 0.333. The molecule has 0 unspecified atom stereocenters. The van der Waals surface area contributed by atoms with Crippen molar-refractivity contribution in [2.24, 2.45) is 0 Å². The first-order valence-corrected chi connectivity index (χ1v) is 10.9. The minimum atomic E-state index is -4.46. The van der Waals surface area contributed by atoms with Crippen LogP contribution in [0.1, 0.15) is 11.1 Å². The molecule has 0 amide bonds. The van der Waals surface area contributed by atoms with E-state index in [-0.39, 0.29) is 18.8 Å². The van der Waals surface area contributed by atoms with Gasteiger partial charge in [-0.1, -0.05) is 12.1 Å². The Morgan fingerprint density at radius 2 is 1.61 bits per heavy atom. The summed E-state index contributed by atoms with van der Waals surface area (Å²) in [5.41, 5.74) is -0.499. The van der Waals surface area contributed by atoms with Crippen molar-refractivity contribution >= 4 is 15.8 Å². The van der Waals surface area contributed by atoms with Gasteiger partial charge < -0.3 is 4.90 Å². The molecule has 0 bridgehead atoms. The van der Waals surface area contributed by atoms with E-state index in [0.29, 0.717) is 30.3 Å². The topological polar surface area (TPSA) is 97.1 Å². The van der Waals surface area contributed by atoms with E-state index in [1.54, 1.807) is 6.07 Å². The summed E-state index contributed by atoms with van der Waals surface area (Å²) in [6, 6.07) is 5.92. The van der Waals surface area contributed by atoms with Crippen LogP contribution in [-0.2, 0) is 22.0 Å². The number of hydrogen-bond acceptors (Lipinski definition) is 7. The molecule has 0 atom stereocenters. The van der Waals surface area contributed by atoms with Crippen LogP contribution in [0, 0.1) is 0 Å². The second-order valence-electron chi connectivity index (χ2n) is 6.91. The summed E-state index contributed by atoms with van der Waals surface area (Å²) in [5, 5.41) is 4.02. The lowest BCUT2D eigenvalue weighted by molar-refractivity contribution is -0.137. The number of hydrogen-bond donors (Lipinski definition) is 0. The maximum absolute atomic E-state index is 12.7. The molecule has 9 nitrogen and oxygen atoms in total. The molecule has 1 saturated heterocycles. The molecule has 31 heavy (non-hydrogen) atoms. The zero-order chi connectivity index (χ0) is 22.1. The van der Waals surface area contributed by atoms with E-state index in [9.17, 15) is 21.6 Å². The Kier molecular flexibility index (Phi) is 5.62. The fourth-order valence-electron chi connectivity index (χ4n) is 3.25. The quantitative estimate of drug-likeness (QED) is 0.580. The molecule has 0 radical (unpaired) electrons. The second-order valence-corrected chi connectivity index (χ2v) is 8.88. The molecule has 0 saturated carbocycles.